The molecule has 146 valence electrons. The van der Waals surface area contributed by atoms with Crippen LogP contribution in [0.4, 0.5) is 17.5 Å². The Morgan fingerprint density at radius 1 is 1.21 bits per heavy atom. The highest BCUT2D eigenvalue weighted by molar-refractivity contribution is 6.33. The van der Waals surface area contributed by atoms with Crippen LogP contribution in [0.15, 0.2) is 18.2 Å². The van der Waals surface area contributed by atoms with Crippen molar-refractivity contribution in [2.45, 2.75) is 37.8 Å². The average Bonchev–Trinajstić information content (AvgIpc) is 3.12. The van der Waals surface area contributed by atoms with Crippen molar-refractivity contribution in [3.05, 3.63) is 28.8 Å². The van der Waals surface area contributed by atoms with Crippen molar-refractivity contribution in [1.29, 1.82) is 0 Å². The Balaban J connectivity index is 1.60. The minimum Gasteiger partial charge on any atom is -0.478 e. The number of aromatic amines is 1. The molecule has 0 aliphatic heterocycles. The normalized spacial score (nSPS) is 19.5. The fourth-order valence-corrected chi connectivity index (χ4v) is 3.51. The predicted molar refractivity (Wildman–Crippen MR) is 105 cm³/mol. The van der Waals surface area contributed by atoms with Gasteiger partial charge in [-0.15, -0.1) is 5.10 Å². The molecule has 1 saturated carbocycles. The maximum Gasteiger partial charge on any atom is 0.337 e. The zero-order valence-corrected chi connectivity index (χ0v) is 15.6. The van der Waals surface area contributed by atoms with Crippen LogP contribution in [0.2, 0.25) is 5.02 Å². The molecular weight excluding hydrogens is 384 g/mol. The van der Waals surface area contributed by atoms with E-state index in [1.165, 1.54) is 12.1 Å². The third-order valence-corrected chi connectivity index (χ3v) is 5.06. The highest BCUT2D eigenvalue weighted by Crippen LogP contribution is 2.27. The standard InChI is InChI=1S/C17H19ClN8O2/c18-12-7-10(5-6-11(12)16(27)28)20-14-13-15(25-26-24-13)23-17(22-14)21-9-3-1-8(19)2-4-9/h5-9H,1-4,19H2,(H,27,28)(H3,20,21,22,23,24,25,26). The summed E-state index contributed by atoms with van der Waals surface area (Å²) in [7, 11) is 0. The van der Waals surface area contributed by atoms with Gasteiger partial charge in [0, 0.05) is 17.8 Å². The Labute approximate surface area is 164 Å². The van der Waals surface area contributed by atoms with Crippen molar-refractivity contribution in [3.63, 3.8) is 0 Å². The lowest BCUT2D eigenvalue weighted by Crippen LogP contribution is -2.33. The molecule has 11 heteroatoms. The second-order valence-electron chi connectivity index (χ2n) is 6.77. The molecule has 1 aliphatic rings. The topological polar surface area (TPSA) is 155 Å². The molecule has 3 aromatic rings. The summed E-state index contributed by atoms with van der Waals surface area (Å²) in [4.78, 5) is 20.0. The molecule has 1 fully saturated rings. The smallest absolute Gasteiger partial charge is 0.337 e. The molecule has 0 saturated heterocycles. The zero-order chi connectivity index (χ0) is 19.7. The Morgan fingerprint density at radius 2 is 2.00 bits per heavy atom. The van der Waals surface area contributed by atoms with Crippen LogP contribution in [0.25, 0.3) is 11.2 Å². The van der Waals surface area contributed by atoms with Gasteiger partial charge in [-0.05, 0) is 43.9 Å². The minimum absolute atomic E-state index is 0.0272. The molecule has 6 N–H and O–H groups in total. The van der Waals surface area contributed by atoms with E-state index in [9.17, 15) is 4.79 Å². The summed E-state index contributed by atoms with van der Waals surface area (Å²) in [5.41, 5.74) is 7.45. The molecule has 2 heterocycles. The van der Waals surface area contributed by atoms with E-state index in [1.54, 1.807) is 6.07 Å². The number of carboxylic acid groups (broad SMARTS) is 1. The highest BCUT2D eigenvalue weighted by atomic mass is 35.5. The Morgan fingerprint density at radius 3 is 2.71 bits per heavy atom. The molecule has 0 amide bonds. The van der Waals surface area contributed by atoms with Crippen LogP contribution in [0.1, 0.15) is 36.0 Å². The van der Waals surface area contributed by atoms with Crippen LogP contribution < -0.4 is 16.4 Å². The number of hydrogen-bond acceptors (Lipinski definition) is 8. The van der Waals surface area contributed by atoms with Crippen LogP contribution >= 0.6 is 11.6 Å². The molecule has 0 bridgehead atoms. The minimum atomic E-state index is -1.09. The van der Waals surface area contributed by atoms with Gasteiger partial charge >= 0.3 is 5.97 Å². The van der Waals surface area contributed by atoms with Gasteiger partial charge in [0.25, 0.3) is 0 Å². The van der Waals surface area contributed by atoms with Crippen LogP contribution in [0.3, 0.4) is 0 Å². The Hall–Kier alpha value is -2.98. The van der Waals surface area contributed by atoms with Crippen molar-refractivity contribution in [2.24, 2.45) is 5.73 Å². The number of H-pyrrole nitrogens is 1. The summed E-state index contributed by atoms with van der Waals surface area (Å²) in [6, 6.07) is 5.07. The molecule has 1 aliphatic carbocycles. The van der Waals surface area contributed by atoms with Gasteiger partial charge in [-0.3, -0.25) is 0 Å². The van der Waals surface area contributed by atoms with Crippen molar-refractivity contribution in [3.8, 4) is 0 Å². The first kappa shape index (κ1) is 18.4. The molecule has 10 nitrogen and oxygen atoms in total. The summed E-state index contributed by atoms with van der Waals surface area (Å²) in [6.45, 7) is 0. The molecular formula is C17H19ClN8O2. The highest BCUT2D eigenvalue weighted by Gasteiger charge is 2.20. The number of nitrogens with two attached hydrogens (primary N) is 1. The monoisotopic (exact) mass is 402 g/mol. The number of rotatable bonds is 5. The molecule has 0 spiro atoms. The van der Waals surface area contributed by atoms with Crippen molar-refractivity contribution in [2.75, 3.05) is 10.6 Å². The Kier molecular flexibility index (Phi) is 4.97. The average molecular weight is 403 g/mol. The zero-order valence-electron chi connectivity index (χ0n) is 14.8. The van der Waals surface area contributed by atoms with Crippen LogP contribution in [0, 0.1) is 0 Å². The largest absolute Gasteiger partial charge is 0.478 e. The molecule has 28 heavy (non-hydrogen) atoms. The summed E-state index contributed by atoms with van der Waals surface area (Å²) in [5.74, 6) is -0.207. The second-order valence-corrected chi connectivity index (χ2v) is 7.18. The van der Waals surface area contributed by atoms with E-state index < -0.39 is 5.97 Å². The third-order valence-electron chi connectivity index (χ3n) is 4.75. The number of fused-ring (bicyclic) bond motifs is 1. The first-order valence-corrected chi connectivity index (χ1v) is 9.28. The van der Waals surface area contributed by atoms with Crippen LogP contribution in [-0.4, -0.2) is 48.5 Å². The summed E-state index contributed by atoms with van der Waals surface area (Å²) >= 11 is 6.05. The number of carbonyl (C=O) groups is 1. The van der Waals surface area contributed by atoms with Crippen LogP contribution in [-0.2, 0) is 0 Å². The van der Waals surface area contributed by atoms with Gasteiger partial charge < -0.3 is 21.5 Å². The first-order valence-electron chi connectivity index (χ1n) is 8.90. The molecule has 4 rings (SSSR count). The van der Waals surface area contributed by atoms with Gasteiger partial charge in [-0.25, -0.2) is 4.79 Å². The molecule has 0 unspecified atom stereocenters. The fourth-order valence-electron chi connectivity index (χ4n) is 3.25. The predicted octanol–water partition coefficient (Wildman–Crippen LogP) is 2.52. The summed E-state index contributed by atoms with van der Waals surface area (Å²) in [6.07, 6.45) is 3.83. The van der Waals surface area contributed by atoms with Gasteiger partial charge in [0.15, 0.2) is 11.3 Å². The number of nitrogens with one attached hydrogen (secondary N) is 3. The number of anilines is 3. The number of hydrogen-bond donors (Lipinski definition) is 5. The van der Waals surface area contributed by atoms with Crippen molar-refractivity contribution < 1.29 is 9.90 Å². The number of carboxylic acids is 1. The van der Waals surface area contributed by atoms with E-state index in [-0.39, 0.29) is 22.7 Å². The molecule has 0 radical (unpaired) electrons. The lowest BCUT2D eigenvalue weighted by atomic mass is 9.92. The lowest BCUT2D eigenvalue weighted by Gasteiger charge is -2.26. The second kappa shape index (κ2) is 7.56. The van der Waals surface area contributed by atoms with E-state index in [2.05, 4.69) is 36.0 Å². The van der Waals surface area contributed by atoms with Gasteiger partial charge in [0.05, 0.1) is 10.6 Å². The van der Waals surface area contributed by atoms with E-state index in [4.69, 9.17) is 22.4 Å². The number of halogens is 1. The van der Waals surface area contributed by atoms with Crippen LogP contribution in [0.5, 0.6) is 0 Å². The molecule has 0 atom stereocenters. The van der Waals surface area contributed by atoms with Gasteiger partial charge in [0.1, 0.15) is 0 Å². The maximum atomic E-state index is 11.1. The Bertz CT molecular complexity index is 1020. The number of aromatic carboxylic acids is 1. The quantitative estimate of drug-likeness (QED) is 0.432. The third kappa shape index (κ3) is 3.82. The number of nitrogens with zero attached hydrogens (tertiary/aromatic N) is 4. The van der Waals surface area contributed by atoms with Gasteiger partial charge in [0.2, 0.25) is 11.6 Å². The van der Waals surface area contributed by atoms with E-state index in [1.807, 2.05) is 0 Å². The molecule has 1 aromatic carbocycles. The fraction of sp³-hybridized carbons (Fsp3) is 0.353. The maximum absolute atomic E-state index is 11.1. The number of aromatic nitrogens is 5. The molecule has 2 aromatic heterocycles. The van der Waals surface area contributed by atoms with Crippen molar-refractivity contribution >= 4 is 46.2 Å². The summed E-state index contributed by atoms with van der Waals surface area (Å²) in [5, 5.41) is 26.4. The van der Waals surface area contributed by atoms with E-state index in [0.29, 0.717) is 28.6 Å². The van der Waals surface area contributed by atoms with Gasteiger partial charge in [-0.2, -0.15) is 20.3 Å². The van der Waals surface area contributed by atoms with Gasteiger partial charge in [-0.1, -0.05) is 11.6 Å². The van der Waals surface area contributed by atoms with Crippen molar-refractivity contribution in [1.82, 2.24) is 25.4 Å². The first-order chi connectivity index (χ1) is 13.5. The van der Waals surface area contributed by atoms with E-state index >= 15 is 0 Å². The SMILES string of the molecule is NC1CCC(Nc2nc(Nc3ccc(C(=O)O)c(Cl)c3)c3n[nH]nc3n2)CC1. The lowest BCUT2D eigenvalue weighted by molar-refractivity contribution is 0.0697. The summed E-state index contributed by atoms with van der Waals surface area (Å²) < 4.78 is 0. The van der Waals surface area contributed by atoms with E-state index in [0.717, 1.165) is 25.7 Å². The number of benzene rings is 1.